The van der Waals surface area contributed by atoms with E-state index in [0.717, 1.165) is 25.7 Å². The van der Waals surface area contributed by atoms with Crippen molar-refractivity contribution in [1.82, 2.24) is 15.1 Å². The van der Waals surface area contributed by atoms with Crippen molar-refractivity contribution in [3.63, 3.8) is 0 Å². The Morgan fingerprint density at radius 1 is 0.962 bits per heavy atom. The number of ether oxygens (including phenoxy) is 1. The number of amides is 3. The van der Waals surface area contributed by atoms with Crippen LogP contribution in [0.3, 0.4) is 0 Å². The summed E-state index contributed by atoms with van der Waals surface area (Å²) in [5, 5.41) is 2.61. The van der Waals surface area contributed by atoms with E-state index < -0.39 is 11.7 Å². The third kappa shape index (κ3) is 6.50. The fourth-order valence-corrected chi connectivity index (χ4v) is 3.53. The van der Waals surface area contributed by atoms with Crippen molar-refractivity contribution in [3.8, 4) is 0 Å². The zero-order valence-corrected chi connectivity index (χ0v) is 16.4. The number of hydrogen-bond acceptors (Lipinski definition) is 4. The predicted molar refractivity (Wildman–Crippen MR) is 98.6 cm³/mol. The van der Waals surface area contributed by atoms with Crippen molar-refractivity contribution in [2.24, 2.45) is 5.92 Å². The number of rotatable bonds is 4. The van der Waals surface area contributed by atoms with E-state index in [1.165, 1.54) is 6.42 Å². The van der Waals surface area contributed by atoms with Gasteiger partial charge in [0.05, 0.1) is 0 Å². The second kappa shape index (κ2) is 9.24. The van der Waals surface area contributed by atoms with Crippen molar-refractivity contribution in [2.45, 2.75) is 64.9 Å². The highest BCUT2D eigenvalue weighted by Gasteiger charge is 2.29. The van der Waals surface area contributed by atoms with Crippen LogP contribution >= 0.6 is 0 Å². The molecular weight excluding hydrogens is 334 g/mol. The van der Waals surface area contributed by atoms with Gasteiger partial charge in [-0.3, -0.25) is 9.59 Å². The van der Waals surface area contributed by atoms with E-state index in [4.69, 9.17) is 4.74 Å². The summed E-state index contributed by atoms with van der Waals surface area (Å²) in [6.45, 7) is 8.02. The molecule has 0 radical (unpaired) electrons. The van der Waals surface area contributed by atoms with Gasteiger partial charge < -0.3 is 19.9 Å². The first-order valence-corrected chi connectivity index (χ1v) is 9.80. The molecule has 0 spiro atoms. The maximum absolute atomic E-state index is 12.6. The molecule has 26 heavy (non-hydrogen) atoms. The van der Waals surface area contributed by atoms with E-state index in [2.05, 4.69) is 5.32 Å². The van der Waals surface area contributed by atoms with Crippen LogP contribution in [-0.4, -0.2) is 66.0 Å². The van der Waals surface area contributed by atoms with Gasteiger partial charge in [0.15, 0.2) is 0 Å². The van der Waals surface area contributed by atoms with Crippen LogP contribution in [0.2, 0.25) is 0 Å². The Labute approximate surface area is 156 Å². The van der Waals surface area contributed by atoms with Gasteiger partial charge in [0.1, 0.15) is 5.60 Å². The summed E-state index contributed by atoms with van der Waals surface area (Å²) < 4.78 is 5.14. The number of carbonyl (C=O) groups is 3. The average molecular weight is 367 g/mol. The van der Waals surface area contributed by atoms with E-state index in [1.807, 2.05) is 4.90 Å². The second-order valence-corrected chi connectivity index (χ2v) is 8.22. The molecule has 0 aromatic rings. The van der Waals surface area contributed by atoms with Gasteiger partial charge in [-0.25, -0.2) is 4.79 Å². The average Bonchev–Trinajstić information content (AvgIpc) is 2.60. The van der Waals surface area contributed by atoms with Crippen LogP contribution < -0.4 is 5.32 Å². The molecule has 2 rings (SSSR count). The molecule has 0 bridgehead atoms. The highest BCUT2D eigenvalue weighted by atomic mass is 16.6. The van der Waals surface area contributed by atoms with Crippen LogP contribution in [0.1, 0.15) is 59.3 Å². The Kier molecular flexibility index (Phi) is 7.29. The molecule has 7 heteroatoms. The van der Waals surface area contributed by atoms with Crippen LogP contribution in [0.25, 0.3) is 0 Å². The molecular formula is C19H33N3O4. The quantitative estimate of drug-likeness (QED) is 0.826. The number of nitrogens with zero attached hydrogens (tertiary/aromatic N) is 2. The third-order valence-corrected chi connectivity index (χ3v) is 4.91. The molecule has 0 aromatic heterocycles. The number of carbonyl (C=O) groups excluding carboxylic acids is 3. The zero-order valence-electron chi connectivity index (χ0n) is 16.4. The van der Waals surface area contributed by atoms with Crippen LogP contribution in [0.4, 0.5) is 4.79 Å². The summed E-state index contributed by atoms with van der Waals surface area (Å²) in [5.41, 5.74) is -0.546. The van der Waals surface area contributed by atoms with Crippen LogP contribution in [-0.2, 0) is 14.3 Å². The molecule has 7 nitrogen and oxygen atoms in total. The lowest BCUT2D eigenvalue weighted by molar-refractivity contribution is -0.142. The lowest BCUT2D eigenvalue weighted by atomic mass is 9.88. The molecule has 1 aliphatic carbocycles. The molecule has 2 aliphatic rings. The van der Waals surface area contributed by atoms with Gasteiger partial charge in [-0.15, -0.1) is 0 Å². The first kappa shape index (κ1) is 20.5. The smallest absolute Gasteiger partial charge is 0.407 e. The Bertz CT molecular complexity index is 501. The summed E-state index contributed by atoms with van der Waals surface area (Å²) in [6, 6.07) is 0. The Morgan fingerprint density at radius 3 is 2.12 bits per heavy atom. The van der Waals surface area contributed by atoms with Crippen molar-refractivity contribution >= 4 is 17.9 Å². The predicted octanol–water partition coefficient (Wildman–Crippen LogP) is 2.15. The Hall–Kier alpha value is -1.79. The first-order valence-electron chi connectivity index (χ1n) is 9.80. The summed E-state index contributed by atoms with van der Waals surface area (Å²) >= 11 is 0. The molecule has 1 heterocycles. The van der Waals surface area contributed by atoms with E-state index in [0.29, 0.717) is 26.2 Å². The number of hydrogen-bond donors (Lipinski definition) is 1. The lowest BCUT2D eigenvalue weighted by Crippen LogP contribution is -2.52. The summed E-state index contributed by atoms with van der Waals surface area (Å²) in [6.07, 6.45) is 5.30. The Balaban J connectivity index is 1.66. The maximum Gasteiger partial charge on any atom is 0.407 e. The molecule has 2 fully saturated rings. The molecule has 0 unspecified atom stereocenters. The van der Waals surface area contributed by atoms with Gasteiger partial charge in [0, 0.05) is 45.1 Å². The first-order chi connectivity index (χ1) is 12.3. The topological polar surface area (TPSA) is 79.0 Å². The molecule has 148 valence electrons. The van der Waals surface area contributed by atoms with E-state index in [-0.39, 0.29) is 30.7 Å². The van der Waals surface area contributed by atoms with Crippen LogP contribution in [0.15, 0.2) is 0 Å². The fraction of sp³-hybridized carbons (Fsp3) is 0.842. The highest BCUT2D eigenvalue weighted by molar-refractivity contribution is 5.80. The molecule has 1 saturated heterocycles. The minimum Gasteiger partial charge on any atom is -0.444 e. The molecule has 0 atom stereocenters. The fourth-order valence-electron chi connectivity index (χ4n) is 3.53. The van der Waals surface area contributed by atoms with Crippen molar-refractivity contribution in [3.05, 3.63) is 0 Å². The minimum absolute atomic E-state index is 0.00539. The number of nitrogens with one attached hydrogen (secondary N) is 1. The van der Waals surface area contributed by atoms with Gasteiger partial charge in [-0.2, -0.15) is 0 Å². The number of piperazine rings is 1. The van der Waals surface area contributed by atoms with Crippen LogP contribution in [0, 0.1) is 5.92 Å². The molecule has 1 N–H and O–H groups in total. The monoisotopic (exact) mass is 367 g/mol. The van der Waals surface area contributed by atoms with Gasteiger partial charge in [0.2, 0.25) is 11.8 Å². The van der Waals surface area contributed by atoms with Crippen LogP contribution in [0.5, 0.6) is 0 Å². The van der Waals surface area contributed by atoms with Crippen molar-refractivity contribution < 1.29 is 19.1 Å². The lowest BCUT2D eigenvalue weighted by Gasteiger charge is -2.37. The van der Waals surface area contributed by atoms with Gasteiger partial charge in [-0.05, 0) is 33.6 Å². The largest absolute Gasteiger partial charge is 0.444 e. The molecule has 0 aromatic carbocycles. The Morgan fingerprint density at radius 2 is 1.54 bits per heavy atom. The van der Waals surface area contributed by atoms with E-state index in [9.17, 15) is 14.4 Å². The molecule has 1 aliphatic heterocycles. The SMILES string of the molecule is CC(C)(C)OC(=O)NCCC(=O)N1CCN(C(=O)C2CCCCC2)CC1. The normalized spacial score (nSPS) is 19.2. The second-order valence-electron chi connectivity index (χ2n) is 8.22. The van der Waals surface area contributed by atoms with Crippen molar-refractivity contribution in [2.75, 3.05) is 32.7 Å². The molecule has 1 saturated carbocycles. The van der Waals surface area contributed by atoms with Crippen molar-refractivity contribution in [1.29, 1.82) is 0 Å². The minimum atomic E-state index is -0.546. The highest BCUT2D eigenvalue weighted by Crippen LogP contribution is 2.25. The molecule has 3 amide bonds. The van der Waals surface area contributed by atoms with E-state index >= 15 is 0 Å². The summed E-state index contributed by atoms with van der Waals surface area (Å²) in [7, 11) is 0. The van der Waals surface area contributed by atoms with Gasteiger partial charge in [0.25, 0.3) is 0 Å². The number of alkyl carbamates (subject to hydrolysis) is 1. The van der Waals surface area contributed by atoms with E-state index in [1.54, 1.807) is 25.7 Å². The maximum atomic E-state index is 12.6. The zero-order chi connectivity index (χ0) is 19.2. The third-order valence-electron chi connectivity index (χ3n) is 4.91. The summed E-state index contributed by atoms with van der Waals surface area (Å²) in [5.74, 6) is 0.457. The standard InChI is InChI=1S/C19H33N3O4/c1-19(2,3)26-18(25)20-10-9-16(23)21-11-13-22(14-12-21)17(24)15-7-5-4-6-8-15/h15H,4-14H2,1-3H3,(H,20,25). The van der Waals surface area contributed by atoms with Gasteiger partial charge in [-0.1, -0.05) is 19.3 Å². The van der Waals surface area contributed by atoms with Gasteiger partial charge >= 0.3 is 6.09 Å². The summed E-state index contributed by atoms with van der Waals surface area (Å²) in [4.78, 5) is 40.1.